The van der Waals surface area contributed by atoms with E-state index in [1.165, 1.54) is 10.7 Å². The Kier molecular flexibility index (Phi) is 4.31. The summed E-state index contributed by atoms with van der Waals surface area (Å²) >= 11 is 0. The Balaban J connectivity index is 2.21. The molecule has 0 amide bonds. The van der Waals surface area contributed by atoms with Gasteiger partial charge in [0.25, 0.3) is 5.56 Å². The van der Waals surface area contributed by atoms with Gasteiger partial charge in [-0.2, -0.15) is 5.10 Å². The summed E-state index contributed by atoms with van der Waals surface area (Å²) in [4.78, 5) is 25.7. The molecule has 0 aliphatic carbocycles. The number of morpholine rings is 1. The Hall–Kier alpha value is -1.69. The van der Waals surface area contributed by atoms with Gasteiger partial charge in [0.15, 0.2) is 5.78 Å². The predicted molar refractivity (Wildman–Crippen MR) is 71.5 cm³/mol. The van der Waals surface area contributed by atoms with Gasteiger partial charge >= 0.3 is 0 Å². The van der Waals surface area contributed by atoms with Gasteiger partial charge in [-0.1, -0.05) is 6.92 Å². The second-order valence-electron chi connectivity index (χ2n) is 4.59. The minimum absolute atomic E-state index is 0.00808. The van der Waals surface area contributed by atoms with Crippen molar-refractivity contribution in [3.05, 3.63) is 22.6 Å². The van der Waals surface area contributed by atoms with Gasteiger partial charge in [-0.25, -0.2) is 4.68 Å². The number of hydrogen-bond acceptors (Lipinski definition) is 5. The van der Waals surface area contributed by atoms with E-state index in [0.717, 1.165) is 18.8 Å². The zero-order valence-corrected chi connectivity index (χ0v) is 11.3. The molecule has 1 aromatic heterocycles. The fourth-order valence-corrected chi connectivity index (χ4v) is 2.13. The van der Waals surface area contributed by atoms with Gasteiger partial charge in [0.2, 0.25) is 0 Å². The fraction of sp³-hybridized carbons (Fsp3) is 0.615. The molecule has 104 valence electrons. The molecule has 1 fully saturated rings. The van der Waals surface area contributed by atoms with Crippen LogP contribution in [-0.2, 0) is 9.53 Å². The monoisotopic (exact) mass is 265 g/mol. The number of nitrogens with zero attached hydrogens (tertiary/aromatic N) is 3. The number of carbonyl (C=O) groups is 1. The van der Waals surface area contributed by atoms with Gasteiger partial charge in [0, 0.05) is 25.6 Å². The Bertz CT molecular complexity index is 506. The normalized spacial score (nSPS) is 17.3. The summed E-state index contributed by atoms with van der Waals surface area (Å²) in [7, 11) is 0. The molecular formula is C13H19N3O3. The number of ether oxygens (including phenoxy) is 1. The van der Waals surface area contributed by atoms with E-state index in [9.17, 15) is 9.59 Å². The van der Waals surface area contributed by atoms with E-state index in [1.807, 2.05) is 0 Å². The molecular weight excluding hydrogens is 246 g/mol. The molecule has 0 N–H and O–H groups in total. The summed E-state index contributed by atoms with van der Waals surface area (Å²) in [5.74, 6) is 0.00808. The predicted octanol–water partition coefficient (Wildman–Crippen LogP) is 0.620. The number of Topliss-reactive ketones (excluding diaryl/α,β-unsaturated/α-hetero) is 1. The quantitative estimate of drug-likeness (QED) is 0.798. The molecule has 0 bridgehead atoms. The second-order valence-corrected chi connectivity index (χ2v) is 4.59. The Labute approximate surface area is 112 Å². The smallest absolute Gasteiger partial charge is 0.269 e. The largest absolute Gasteiger partial charge is 0.378 e. The highest BCUT2D eigenvalue weighted by Gasteiger charge is 2.17. The fourth-order valence-electron chi connectivity index (χ4n) is 2.13. The third-order valence-corrected chi connectivity index (χ3v) is 3.37. The standard InChI is InChI=1S/C13H19N3O3/c1-3-12(17)10(2)16-13(18)8-11(9-14-16)15-4-6-19-7-5-15/h8-10H,3-7H2,1-2H3. The molecule has 6 nitrogen and oxygen atoms in total. The average Bonchev–Trinajstić information content (AvgIpc) is 2.46. The van der Waals surface area contributed by atoms with Crippen molar-refractivity contribution >= 4 is 11.5 Å². The first kappa shape index (κ1) is 13.7. The van der Waals surface area contributed by atoms with E-state index in [1.54, 1.807) is 20.0 Å². The van der Waals surface area contributed by atoms with E-state index >= 15 is 0 Å². The van der Waals surface area contributed by atoms with Crippen molar-refractivity contribution in [1.29, 1.82) is 0 Å². The summed E-state index contributed by atoms with van der Waals surface area (Å²) in [6.07, 6.45) is 2.05. The molecule has 6 heteroatoms. The molecule has 1 aliphatic rings. The van der Waals surface area contributed by atoms with E-state index in [-0.39, 0.29) is 11.3 Å². The molecule has 1 aliphatic heterocycles. The van der Waals surface area contributed by atoms with Gasteiger partial charge in [-0.15, -0.1) is 0 Å². The maximum atomic E-state index is 12.0. The highest BCUT2D eigenvalue weighted by atomic mass is 16.5. The van der Waals surface area contributed by atoms with Crippen molar-refractivity contribution in [2.45, 2.75) is 26.3 Å². The molecule has 0 radical (unpaired) electrons. The molecule has 1 atom stereocenters. The SMILES string of the molecule is CCC(=O)C(C)n1ncc(N2CCOCC2)cc1=O. The number of carbonyl (C=O) groups excluding carboxylic acids is 1. The van der Waals surface area contributed by atoms with E-state index in [0.29, 0.717) is 19.6 Å². The minimum Gasteiger partial charge on any atom is -0.378 e. The molecule has 1 saturated heterocycles. The van der Waals surface area contributed by atoms with Gasteiger partial charge in [0.1, 0.15) is 6.04 Å². The van der Waals surface area contributed by atoms with Gasteiger partial charge < -0.3 is 9.64 Å². The van der Waals surface area contributed by atoms with Gasteiger partial charge in [0.05, 0.1) is 25.1 Å². The summed E-state index contributed by atoms with van der Waals surface area (Å²) in [6, 6.07) is 1.04. The molecule has 2 heterocycles. The van der Waals surface area contributed by atoms with Crippen LogP contribution in [0.1, 0.15) is 26.3 Å². The van der Waals surface area contributed by atoms with Crippen molar-refractivity contribution in [2.24, 2.45) is 0 Å². The van der Waals surface area contributed by atoms with Crippen molar-refractivity contribution in [1.82, 2.24) is 9.78 Å². The number of anilines is 1. The Morgan fingerprint density at radius 3 is 2.74 bits per heavy atom. The lowest BCUT2D eigenvalue weighted by Crippen LogP contribution is -2.38. The van der Waals surface area contributed by atoms with Crippen molar-refractivity contribution in [3.63, 3.8) is 0 Å². The Morgan fingerprint density at radius 1 is 1.47 bits per heavy atom. The summed E-state index contributed by atoms with van der Waals surface area (Å²) in [6.45, 7) is 6.32. The first-order chi connectivity index (χ1) is 9.13. The molecule has 19 heavy (non-hydrogen) atoms. The lowest BCUT2D eigenvalue weighted by Gasteiger charge is -2.28. The van der Waals surface area contributed by atoms with Crippen molar-refractivity contribution < 1.29 is 9.53 Å². The molecule has 0 saturated carbocycles. The summed E-state index contributed by atoms with van der Waals surface area (Å²) in [5.41, 5.74) is 0.555. The maximum Gasteiger partial charge on any atom is 0.269 e. The van der Waals surface area contributed by atoms with Crippen LogP contribution in [0.5, 0.6) is 0 Å². The molecule has 2 rings (SSSR count). The minimum atomic E-state index is -0.503. The van der Waals surface area contributed by atoms with Crippen LogP contribution >= 0.6 is 0 Å². The first-order valence-electron chi connectivity index (χ1n) is 6.57. The topological polar surface area (TPSA) is 64.4 Å². The third kappa shape index (κ3) is 3.01. The molecule has 0 spiro atoms. The van der Waals surface area contributed by atoms with Crippen LogP contribution in [0.15, 0.2) is 17.1 Å². The first-order valence-corrected chi connectivity index (χ1v) is 6.57. The molecule has 1 aromatic rings. The zero-order valence-electron chi connectivity index (χ0n) is 11.3. The van der Waals surface area contributed by atoms with Gasteiger partial charge in [-0.05, 0) is 6.92 Å². The number of hydrogen-bond donors (Lipinski definition) is 0. The lowest BCUT2D eigenvalue weighted by molar-refractivity contribution is -0.121. The molecule has 0 aromatic carbocycles. The van der Waals surface area contributed by atoms with E-state index in [2.05, 4.69) is 10.00 Å². The number of ketones is 1. The summed E-state index contributed by atoms with van der Waals surface area (Å²) in [5, 5.41) is 4.12. The van der Waals surface area contributed by atoms with Crippen LogP contribution in [0.25, 0.3) is 0 Å². The zero-order chi connectivity index (χ0) is 13.8. The Morgan fingerprint density at radius 2 is 2.16 bits per heavy atom. The van der Waals surface area contributed by atoms with Crippen molar-refractivity contribution in [3.8, 4) is 0 Å². The van der Waals surface area contributed by atoms with Crippen LogP contribution < -0.4 is 10.5 Å². The second kappa shape index (κ2) is 5.97. The highest BCUT2D eigenvalue weighted by Crippen LogP contribution is 2.13. The van der Waals surface area contributed by atoms with Crippen LogP contribution in [0, 0.1) is 0 Å². The average molecular weight is 265 g/mol. The van der Waals surface area contributed by atoms with Crippen LogP contribution in [0.3, 0.4) is 0 Å². The highest BCUT2D eigenvalue weighted by molar-refractivity contribution is 5.81. The van der Waals surface area contributed by atoms with E-state index in [4.69, 9.17) is 4.74 Å². The van der Waals surface area contributed by atoms with Gasteiger partial charge in [-0.3, -0.25) is 9.59 Å². The third-order valence-electron chi connectivity index (χ3n) is 3.37. The molecule has 1 unspecified atom stereocenters. The van der Waals surface area contributed by atoms with Crippen LogP contribution in [-0.4, -0.2) is 41.9 Å². The van der Waals surface area contributed by atoms with E-state index < -0.39 is 6.04 Å². The number of aromatic nitrogens is 2. The maximum absolute atomic E-state index is 12.0. The summed E-state index contributed by atoms with van der Waals surface area (Å²) < 4.78 is 6.52. The van der Waals surface area contributed by atoms with Crippen LogP contribution in [0.2, 0.25) is 0 Å². The van der Waals surface area contributed by atoms with Crippen LogP contribution in [0.4, 0.5) is 5.69 Å². The lowest BCUT2D eigenvalue weighted by atomic mass is 10.2. The number of rotatable bonds is 4. The van der Waals surface area contributed by atoms with Crippen molar-refractivity contribution in [2.75, 3.05) is 31.2 Å².